The minimum absolute atomic E-state index is 0.00147. The van der Waals surface area contributed by atoms with Gasteiger partial charge in [0.2, 0.25) is 5.95 Å². The van der Waals surface area contributed by atoms with Crippen molar-refractivity contribution in [1.29, 1.82) is 0 Å². The number of aryl methyl sites for hydroxylation is 1. The number of nitrogens with zero attached hydrogens (tertiary/aromatic N) is 4. The Hall–Kier alpha value is -8.07. The van der Waals surface area contributed by atoms with Gasteiger partial charge in [-0.3, -0.25) is 47.4 Å². The smallest absolute Gasteiger partial charge is 0.492 e. The van der Waals surface area contributed by atoms with Crippen LogP contribution < -0.4 is 22.0 Å². The Labute approximate surface area is 523 Å². The second-order valence-electron chi connectivity index (χ2n) is 20.3. The highest BCUT2D eigenvalue weighted by molar-refractivity contribution is 7.67. The molecule has 1 saturated heterocycles. The van der Waals surface area contributed by atoms with E-state index in [2.05, 4.69) is 38.6 Å². The number of amides is 1. The van der Waals surface area contributed by atoms with E-state index in [1.165, 1.54) is 29.4 Å². The fraction of sp³-hybridized carbons (Fsp3) is 0.203. The molecular weight excluding hydrogens is 1290 g/mol. The number of phenolic OH excluding ortho intramolecular Hbond substituents is 1. The van der Waals surface area contributed by atoms with E-state index in [0.717, 1.165) is 27.4 Å². The Morgan fingerprint density at radius 2 is 1.54 bits per heavy atom. The second kappa shape index (κ2) is 25.9. The Bertz CT molecular complexity index is 4790. The van der Waals surface area contributed by atoms with E-state index < -0.39 is 88.4 Å². The zero-order chi connectivity index (χ0) is 64.8. The molecule has 472 valence electrons. The van der Waals surface area contributed by atoms with Gasteiger partial charge in [-0.25, -0.2) is 22.9 Å². The third-order valence-corrected chi connectivity index (χ3v) is 20.6. The molecule has 26 nitrogen and oxygen atoms in total. The van der Waals surface area contributed by atoms with Crippen LogP contribution in [0.25, 0.3) is 88.6 Å². The molecule has 4 aromatic carbocycles. The summed E-state index contributed by atoms with van der Waals surface area (Å²) in [6.07, 6.45) is 2.48. The number of hydrogen-bond acceptors (Lipinski definition) is 21. The Morgan fingerprint density at radius 3 is 2.21 bits per heavy atom. The maximum absolute atomic E-state index is 15.7. The number of aromatic hydroxyl groups is 1. The molecule has 1 fully saturated rings. The van der Waals surface area contributed by atoms with Gasteiger partial charge in [-0.05, 0) is 47.7 Å². The number of aromatic nitrogens is 5. The van der Waals surface area contributed by atoms with Crippen LogP contribution in [0.15, 0.2) is 130 Å². The number of carbonyl (C=O) groups excluding carboxylic acids is 1. The number of aromatic amines is 1. The molecule has 2 aliphatic heterocycles. The summed E-state index contributed by atoms with van der Waals surface area (Å²) < 4.78 is 102. The number of aromatic carboxylic acids is 1. The molecule has 6 atom stereocenters. The highest BCUT2D eigenvalue weighted by atomic mass is 35.5. The van der Waals surface area contributed by atoms with Crippen molar-refractivity contribution in [2.45, 2.75) is 38.5 Å². The quantitative estimate of drug-likeness (QED) is 0.0159. The van der Waals surface area contributed by atoms with Crippen molar-refractivity contribution in [2.24, 2.45) is 0 Å². The first-order chi connectivity index (χ1) is 43.5. The van der Waals surface area contributed by atoms with Crippen molar-refractivity contribution in [2.75, 3.05) is 46.8 Å². The SMILES string of the molecule is COP(=O)(O)OP(=O)(OC)OP(=O)(OC)OCC1OC(n2cc(COCCNC(=O)c3cc(Cl)c(C(=O)O)c(-c4c5c6ccccc6c(=O)c(-c6cccnc6)c-5oc5c(-c6ccccc6C)c(O)c(-c6cccnc6)cc45)c3Cl)c3c(=O)[nH]c(N)nc32)CC1F. The van der Waals surface area contributed by atoms with E-state index in [0.29, 0.717) is 27.6 Å². The van der Waals surface area contributed by atoms with Gasteiger partial charge in [0.05, 0.1) is 57.5 Å². The molecule has 1 aliphatic carbocycles. The van der Waals surface area contributed by atoms with Crippen LogP contribution in [0.5, 0.6) is 5.75 Å². The molecule has 32 heteroatoms. The van der Waals surface area contributed by atoms with Crippen LogP contribution in [0.3, 0.4) is 0 Å². The number of H-pyrrole nitrogens is 1. The number of alkyl halides is 1. The first-order valence-electron chi connectivity index (χ1n) is 27.1. The number of halogens is 3. The summed E-state index contributed by atoms with van der Waals surface area (Å²) in [5.41, 5.74) is 6.55. The average molecular weight is 1340 g/mol. The normalized spacial score (nSPS) is 17.1. The number of carbonyl (C=O) groups is 2. The minimum atomic E-state index is -5.17. The number of phosphoric acid groups is 3. The summed E-state index contributed by atoms with van der Waals surface area (Å²) >= 11 is 14.5. The third kappa shape index (κ3) is 12.5. The highest BCUT2D eigenvalue weighted by Crippen LogP contribution is 2.71. The Kier molecular flexibility index (Phi) is 18.3. The fourth-order valence-corrected chi connectivity index (χ4v) is 15.5. The van der Waals surface area contributed by atoms with Gasteiger partial charge in [0.25, 0.3) is 11.5 Å². The van der Waals surface area contributed by atoms with Gasteiger partial charge in [0, 0.05) is 115 Å². The van der Waals surface area contributed by atoms with Crippen LogP contribution in [0.2, 0.25) is 10.0 Å². The zero-order valence-corrected chi connectivity index (χ0v) is 52.1. The number of rotatable bonds is 22. The lowest BCUT2D eigenvalue weighted by molar-refractivity contribution is -0.0325. The van der Waals surface area contributed by atoms with Gasteiger partial charge < -0.3 is 44.6 Å². The number of phenols is 1. The summed E-state index contributed by atoms with van der Waals surface area (Å²) in [5.74, 6) is -2.99. The van der Waals surface area contributed by atoms with Crippen LogP contribution in [0, 0.1) is 6.92 Å². The van der Waals surface area contributed by atoms with Crippen LogP contribution in [0.1, 0.15) is 44.5 Å². The number of fused-ring (bicyclic) bond motifs is 5. The molecule has 8 aromatic rings. The molecule has 1 amide bonds. The standard InChI is InChI=1S/C59H51Cl2FN7O19P3/c1-29-11-5-6-14-33(29)47-52(71)36(30-12-9-17-64-24-30)21-37-45(46-34-15-7-8-16-35(34)51(70)43(54(46)86-53(37)47)31-13-10-18-65-25-31)49-48(58(74)75)39(60)22-38(50(49)61)56(72)66-19-20-83-27-32-26-69(55-44(32)57(73)68-59(63)67-55)42-23-40(62)41(85-42)28-84-90(78,81-3)88-91(79,82-4)87-89(76,77)80-2/h5-18,21-22,24-26,40-42,71H,19-20,23,27-28H2,1-4H3,(H,66,72)(H,74,75)(H,76,77)(H3,63,67,68,73). The number of pyridine rings is 2. The largest absolute Gasteiger partial charge is 0.507 e. The van der Waals surface area contributed by atoms with E-state index in [4.69, 9.17) is 56.2 Å². The number of anilines is 1. The summed E-state index contributed by atoms with van der Waals surface area (Å²) in [7, 11) is -13.0. The lowest BCUT2D eigenvalue weighted by atomic mass is 9.82. The van der Waals surface area contributed by atoms with E-state index in [9.17, 15) is 48.0 Å². The molecule has 0 spiro atoms. The topological polar surface area (TPSA) is 365 Å². The van der Waals surface area contributed by atoms with Crippen LogP contribution >= 0.6 is 46.7 Å². The van der Waals surface area contributed by atoms with Gasteiger partial charge in [0.15, 0.2) is 11.1 Å². The van der Waals surface area contributed by atoms with Gasteiger partial charge in [0.1, 0.15) is 35.6 Å². The van der Waals surface area contributed by atoms with Gasteiger partial charge in [-0.15, -0.1) is 0 Å². The minimum Gasteiger partial charge on any atom is -0.507 e. The van der Waals surface area contributed by atoms with Crippen molar-refractivity contribution in [3.05, 3.63) is 169 Å². The maximum atomic E-state index is 15.7. The number of hydrogen-bond donors (Lipinski definition) is 6. The molecule has 0 radical (unpaired) electrons. The van der Waals surface area contributed by atoms with Crippen LogP contribution in [0.4, 0.5) is 10.3 Å². The first-order valence-corrected chi connectivity index (χ1v) is 32.3. The van der Waals surface area contributed by atoms with Crippen molar-refractivity contribution in [3.8, 4) is 61.6 Å². The van der Waals surface area contributed by atoms with E-state index in [1.807, 2.05) is 19.1 Å². The molecule has 91 heavy (non-hydrogen) atoms. The number of carboxylic acids is 1. The number of nitrogen functional groups attached to an aromatic ring is 1. The van der Waals surface area contributed by atoms with Crippen molar-refractivity contribution in [3.63, 3.8) is 0 Å². The average Bonchev–Trinajstić information content (AvgIpc) is 1.30. The molecule has 6 unspecified atom stereocenters. The molecule has 0 bridgehead atoms. The Balaban J connectivity index is 0.937. The molecule has 6 heterocycles. The number of nitrogens with two attached hydrogens (primary N) is 1. The van der Waals surface area contributed by atoms with E-state index >= 15 is 4.39 Å². The predicted octanol–water partition coefficient (Wildman–Crippen LogP) is 12.0. The predicted molar refractivity (Wildman–Crippen MR) is 332 cm³/mol. The van der Waals surface area contributed by atoms with Crippen LogP contribution in [-0.2, 0) is 56.5 Å². The zero-order valence-electron chi connectivity index (χ0n) is 48.0. The van der Waals surface area contributed by atoms with Crippen molar-refractivity contribution in [1.82, 2.24) is 29.8 Å². The summed E-state index contributed by atoms with van der Waals surface area (Å²) in [6.45, 7) is 0.152. The Morgan fingerprint density at radius 1 is 0.846 bits per heavy atom. The number of nitrogens with one attached hydrogen (secondary N) is 2. The van der Waals surface area contributed by atoms with Crippen molar-refractivity contribution >= 4 is 97.3 Å². The summed E-state index contributed by atoms with van der Waals surface area (Å²) in [5, 5.41) is 26.4. The fourth-order valence-electron chi connectivity index (χ4n) is 10.8. The first kappa shape index (κ1) is 64.5. The third-order valence-electron chi connectivity index (χ3n) is 14.9. The van der Waals surface area contributed by atoms with Crippen molar-refractivity contribution < 1.29 is 83.4 Å². The van der Waals surface area contributed by atoms with Gasteiger partial charge in [-0.2, -0.15) is 13.6 Å². The molecule has 3 aliphatic rings. The summed E-state index contributed by atoms with van der Waals surface area (Å²) in [4.78, 5) is 81.9. The molecule has 7 N–H and O–H groups in total. The van der Waals surface area contributed by atoms with Gasteiger partial charge >= 0.3 is 29.4 Å². The molecule has 11 rings (SSSR count). The molecule has 0 saturated carbocycles. The molecular formula is C59H51Cl2FN7O19P3. The molecule has 4 aromatic heterocycles. The number of carboxylic acid groups (broad SMARTS) is 1. The number of benzene rings is 5. The number of ether oxygens (including phenoxy) is 2. The van der Waals surface area contributed by atoms with Crippen LogP contribution in [-0.4, -0.2) is 105 Å². The monoisotopic (exact) mass is 1340 g/mol. The second-order valence-corrected chi connectivity index (χ2v) is 26.5. The summed E-state index contributed by atoms with van der Waals surface area (Å²) in [6, 6.07) is 23.2. The number of phosphoric ester groups is 2. The lowest BCUT2D eigenvalue weighted by Crippen LogP contribution is -2.28. The van der Waals surface area contributed by atoms with E-state index in [-0.39, 0.29) is 114 Å². The lowest BCUT2D eigenvalue weighted by Gasteiger charge is -2.25. The maximum Gasteiger partial charge on any atom is 0.492 e. The van der Waals surface area contributed by atoms with E-state index in [1.54, 1.807) is 72.9 Å². The van der Waals surface area contributed by atoms with Gasteiger partial charge in [-0.1, -0.05) is 83.9 Å². The highest BCUT2D eigenvalue weighted by Gasteiger charge is 2.47.